The normalized spacial score (nSPS) is 13.0. The van der Waals surface area contributed by atoms with Crippen LogP contribution in [0, 0.1) is 5.82 Å². The van der Waals surface area contributed by atoms with Crippen molar-refractivity contribution < 1.29 is 22.3 Å². The minimum atomic E-state index is -4.59. The molecule has 0 radical (unpaired) electrons. The molecule has 0 amide bonds. The number of fused-ring (bicyclic) bond motifs is 3. The Labute approximate surface area is 158 Å². The van der Waals surface area contributed by atoms with Crippen molar-refractivity contribution in [2.45, 2.75) is 19.0 Å². The monoisotopic (exact) mass is 389 g/mol. The number of aryl methyl sites for hydroxylation is 1. The number of hydrogen-bond acceptors (Lipinski definition) is 4. The van der Waals surface area contributed by atoms with E-state index in [1.54, 1.807) is 6.07 Å². The van der Waals surface area contributed by atoms with Crippen LogP contribution in [-0.2, 0) is 19.0 Å². The fourth-order valence-electron chi connectivity index (χ4n) is 3.52. The predicted octanol–water partition coefficient (Wildman–Crippen LogP) is 4.66. The molecule has 2 aromatic carbocycles. The van der Waals surface area contributed by atoms with Crippen LogP contribution >= 0.6 is 0 Å². The van der Waals surface area contributed by atoms with Crippen molar-refractivity contribution >= 4 is 5.95 Å². The van der Waals surface area contributed by atoms with E-state index >= 15 is 0 Å². The smallest absolute Gasteiger partial charge is 0.419 e. The minimum Gasteiger partial charge on any atom is -0.496 e. The van der Waals surface area contributed by atoms with Crippen molar-refractivity contribution in [1.29, 1.82) is 0 Å². The van der Waals surface area contributed by atoms with E-state index < -0.39 is 17.6 Å². The average molecular weight is 389 g/mol. The Bertz CT molecular complexity index is 1080. The molecule has 1 aliphatic carbocycles. The van der Waals surface area contributed by atoms with Gasteiger partial charge in [0, 0.05) is 16.7 Å². The lowest BCUT2D eigenvalue weighted by atomic mass is 9.86. The second-order valence-electron chi connectivity index (χ2n) is 6.47. The van der Waals surface area contributed by atoms with Crippen LogP contribution in [0.5, 0.6) is 5.75 Å². The maximum Gasteiger partial charge on any atom is 0.419 e. The zero-order valence-electron chi connectivity index (χ0n) is 14.8. The van der Waals surface area contributed by atoms with Gasteiger partial charge in [0.1, 0.15) is 11.6 Å². The van der Waals surface area contributed by atoms with Crippen molar-refractivity contribution in [1.82, 2.24) is 9.97 Å². The molecule has 144 valence electrons. The molecule has 0 saturated carbocycles. The molecule has 4 rings (SSSR count). The molecule has 2 N–H and O–H groups in total. The fourth-order valence-corrected chi connectivity index (χ4v) is 3.52. The molecule has 1 aliphatic rings. The minimum absolute atomic E-state index is 0.0877. The molecule has 1 aromatic heterocycles. The molecule has 0 bridgehead atoms. The highest BCUT2D eigenvalue weighted by Gasteiger charge is 2.35. The summed E-state index contributed by atoms with van der Waals surface area (Å²) in [5.41, 5.74) is 8.08. The van der Waals surface area contributed by atoms with Crippen molar-refractivity contribution in [2.24, 2.45) is 0 Å². The standard InChI is InChI=1S/C20H15F4N3O/c1-28-16-7-4-11(8-15(16)20(22,23)24)17-13-6-3-10-2-5-12(21)9-14(10)18(13)27-19(25)26-17/h2,4-5,7-9H,3,6H2,1H3,(H2,25,26,27). The van der Waals surface area contributed by atoms with Gasteiger partial charge in [0.2, 0.25) is 5.95 Å². The van der Waals surface area contributed by atoms with Crippen LogP contribution in [0.25, 0.3) is 22.5 Å². The number of nitrogens with zero attached hydrogens (tertiary/aromatic N) is 2. The fraction of sp³-hybridized carbons (Fsp3) is 0.200. The van der Waals surface area contributed by atoms with E-state index in [1.165, 1.54) is 31.4 Å². The number of alkyl halides is 3. The highest BCUT2D eigenvalue weighted by atomic mass is 19.4. The second-order valence-corrected chi connectivity index (χ2v) is 6.47. The van der Waals surface area contributed by atoms with E-state index in [0.29, 0.717) is 35.4 Å². The van der Waals surface area contributed by atoms with Crippen molar-refractivity contribution in [3.05, 3.63) is 58.9 Å². The van der Waals surface area contributed by atoms with Crippen molar-refractivity contribution in [2.75, 3.05) is 12.8 Å². The molecule has 0 fully saturated rings. The van der Waals surface area contributed by atoms with Gasteiger partial charge in [-0.2, -0.15) is 13.2 Å². The first-order valence-electron chi connectivity index (χ1n) is 8.48. The Hall–Kier alpha value is -3.16. The van der Waals surface area contributed by atoms with E-state index in [0.717, 1.165) is 11.6 Å². The summed E-state index contributed by atoms with van der Waals surface area (Å²) in [4.78, 5) is 8.44. The number of rotatable bonds is 2. The van der Waals surface area contributed by atoms with E-state index in [9.17, 15) is 17.6 Å². The van der Waals surface area contributed by atoms with E-state index in [1.807, 2.05) is 0 Å². The SMILES string of the molecule is COc1ccc(-c2nc(N)nc3c2CCc2ccc(F)cc2-3)cc1C(F)(F)F. The van der Waals surface area contributed by atoms with Crippen LogP contribution in [0.15, 0.2) is 36.4 Å². The van der Waals surface area contributed by atoms with Crippen molar-refractivity contribution in [3.8, 4) is 28.3 Å². The molecular weight excluding hydrogens is 374 g/mol. The van der Waals surface area contributed by atoms with Gasteiger partial charge in [-0.3, -0.25) is 0 Å². The summed E-state index contributed by atoms with van der Waals surface area (Å²) in [5.74, 6) is -0.788. The average Bonchev–Trinajstić information content (AvgIpc) is 2.66. The molecule has 0 aliphatic heterocycles. The number of nitrogen functional groups attached to an aromatic ring is 1. The molecule has 3 aromatic rings. The molecule has 28 heavy (non-hydrogen) atoms. The summed E-state index contributed by atoms with van der Waals surface area (Å²) in [6.07, 6.45) is -3.47. The Kier molecular flexibility index (Phi) is 4.21. The Balaban J connectivity index is 1.94. The van der Waals surface area contributed by atoms with Gasteiger partial charge < -0.3 is 10.5 Å². The lowest BCUT2D eigenvalue weighted by Crippen LogP contribution is -2.12. The Morgan fingerprint density at radius 1 is 1.00 bits per heavy atom. The molecule has 0 atom stereocenters. The topological polar surface area (TPSA) is 61.0 Å². The van der Waals surface area contributed by atoms with Gasteiger partial charge in [-0.05, 0) is 48.7 Å². The number of ether oxygens (including phenoxy) is 1. The third kappa shape index (κ3) is 3.04. The predicted molar refractivity (Wildman–Crippen MR) is 96.2 cm³/mol. The van der Waals surface area contributed by atoms with Gasteiger partial charge >= 0.3 is 6.18 Å². The maximum atomic E-state index is 13.8. The first-order chi connectivity index (χ1) is 13.3. The number of anilines is 1. The van der Waals surface area contributed by atoms with Gasteiger partial charge in [0.25, 0.3) is 0 Å². The van der Waals surface area contributed by atoms with Crippen molar-refractivity contribution in [3.63, 3.8) is 0 Å². The van der Waals surface area contributed by atoms with Gasteiger partial charge in [-0.15, -0.1) is 0 Å². The largest absolute Gasteiger partial charge is 0.496 e. The molecule has 0 spiro atoms. The third-order valence-corrected chi connectivity index (χ3v) is 4.77. The summed E-state index contributed by atoms with van der Waals surface area (Å²) in [7, 11) is 1.18. The van der Waals surface area contributed by atoms with Gasteiger partial charge in [-0.25, -0.2) is 14.4 Å². The summed E-state index contributed by atoms with van der Waals surface area (Å²) in [5, 5.41) is 0. The summed E-state index contributed by atoms with van der Waals surface area (Å²) < 4.78 is 58.8. The molecular formula is C20H15F4N3O. The third-order valence-electron chi connectivity index (χ3n) is 4.77. The first kappa shape index (κ1) is 18.2. The molecule has 0 unspecified atom stereocenters. The van der Waals surface area contributed by atoms with Gasteiger partial charge in [0.15, 0.2) is 0 Å². The number of nitrogens with two attached hydrogens (primary N) is 1. The zero-order chi connectivity index (χ0) is 20.1. The second kappa shape index (κ2) is 6.47. The summed E-state index contributed by atoms with van der Waals surface area (Å²) in [6, 6.07) is 8.15. The van der Waals surface area contributed by atoms with Crippen LogP contribution in [0.3, 0.4) is 0 Å². The summed E-state index contributed by atoms with van der Waals surface area (Å²) >= 11 is 0. The number of aromatic nitrogens is 2. The number of benzene rings is 2. The van der Waals surface area contributed by atoms with Crippen LogP contribution in [-0.4, -0.2) is 17.1 Å². The Morgan fingerprint density at radius 2 is 1.75 bits per heavy atom. The number of halogens is 4. The Morgan fingerprint density at radius 3 is 2.46 bits per heavy atom. The highest BCUT2D eigenvalue weighted by molar-refractivity contribution is 5.78. The molecule has 8 heteroatoms. The van der Waals surface area contributed by atoms with E-state index in [4.69, 9.17) is 10.5 Å². The van der Waals surface area contributed by atoms with Crippen LogP contribution in [0.4, 0.5) is 23.5 Å². The highest BCUT2D eigenvalue weighted by Crippen LogP contribution is 2.41. The lowest BCUT2D eigenvalue weighted by molar-refractivity contribution is -0.138. The van der Waals surface area contributed by atoms with E-state index in [-0.39, 0.29) is 17.3 Å². The summed E-state index contributed by atoms with van der Waals surface area (Å²) in [6.45, 7) is 0. The first-order valence-corrected chi connectivity index (χ1v) is 8.48. The van der Waals surface area contributed by atoms with Crippen LogP contribution < -0.4 is 10.5 Å². The van der Waals surface area contributed by atoms with Gasteiger partial charge in [0.05, 0.1) is 24.1 Å². The number of hydrogen-bond donors (Lipinski definition) is 1. The van der Waals surface area contributed by atoms with Gasteiger partial charge in [-0.1, -0.05) is 6.07 Å². The quantitative estimate of drug-likeness (QED) is 0.648. The van der Waals surface area contributed by atoms with E-state index in [2.05, 4.69) is 9.97 Å². The lowest BCUT2D eigenvalue weighted by Gasteiger charge is -2.22. The van der Waals surface area contributed by atoms with Crippen LogP contribution in [0.2, 0.25) is 0 Å². The molecule has 4 nitrogen and oxygen atoms in total. The maximum absolute atomic E-state index is 13.8. The van der Waals surface area contributed by atoms with Crippen LogP contribution in [0.1, 0.15) is 16.7 Å². The molecule has 1 heterocycles. The zero-order valence-corrected chi connectivity index (χ0v) is 14.8. The molecule has 0 saturated heterocycles. The number of methoxy groups -OCH3 is 1.